The number of hydrogen-bond donors (Lipinski definition) is 0. The highest BCUT2D eigenvalue weighted by Crippen LogP contribution is 2.22. The van der Waals surface area contributed by atoms with Gasteiger partial charge in [0.25, 0.3) is 0 Å². The summed E-state index contributed by atoms with van der Waals surface area (Å²) in [7, 11) is 0. The van der Waals surface area contributed by atoms with Crippen molar-refractivity contribution in [1.82, 2.24) is 0 Å². The molecule has 0 aliphatic rings. The van der Waals surface area contributed by atoms with Gasteiger partial charge in [0.05, 0.1) is 0 Å². The molecule has 3 heteroatoms. The molecule has 0 spiro atoms. The molecule has 0 aromatic heterocycles. The highest BCUT2D eigenvalue weighted by atomic mass is 16.5. The third-order valence-corrected chi connectivity index (χ3v) is 2.37. The molecule has 0 aliphatic heterocycles. The number of carbonyl (C=O) groups is 2. The molecule has 0 bridgehead atoms. The van der Waals surface area contributed by atoms with Gasteiger partial charge in [-0.15, -0.1) is 0 Å². The standard InChI is InChI=1S/C13H16O3/c1-9-7-13(16-8-11(3)15)10(2)6-12(9)4-5-14/h5-7H,4,8H2,1-3H3. The number of carbonyl (C=O) groups excluding carboxylic acids is 2. The summed E-state index contributed by atoms with van der Waals surface area (Å²) in [6.07, 6.45) is 1.30. The SMILES string of the molecule is CC(=O)COc1cc(C)c(CC=O)cc1C. The van der Waals surface area contributed by atoms with Crippen molar-refractivity contribution < 1.29 is 14.3 Å². The van der Waals surface area contributed by atoms with Crippen molar-refractivity contribution in [2.75, 3.05) is 6.61 Å². The minimum Gasteiger partial charge on any atom is -0.486 e. The number of hydrogen-bond acceptors (Lipinski definition) is 3. The first-order valence-corrected chi connectivity index (χ1v) is 5.20. The van der Waals surface area contributed by atoms with Gasteiger partial charge in [0.1, 0.15) is 18.6 Å². The third-order valence-electron chi connectivity index (χ3n) is 2.37. The molecule has 0 unspecified atom stereocenters. The monoisotopic (exact) mass is 220 g/mol. The van der Waals surface area contributed by atoms with Gasteiger partial charge >= 0.3 is 0 Å². The van der Waals surface area contributed by atoms with Crippen LogP contribution in [-0.2, 0) is 16.0 Å². The van der Waals surface area contributed by atoms with Crippen LogP contribution in [0.2, 0.25) is 0 Å². The van der Waals surface area contributed by atoms with E-state index in [0.29, 0.717) is 12.2 Å². The molecule has 86 valence electrons. The molecule has 0 atom stereocenters. The van der Waals surface area contributed by atoms with E-state index in [1.54, 1.807) is 0 Å². The van der Waals surface area contributed by atoms with E-state index < -0.39 is 0 Å². The van der Waals surface area contributed by atoms with Gasteiger partial charge < -0.3 is 9.53 Å². The molecular weight excluding hydrogens is 204 g/mol. The van der Waals surface area contributed by atoms with Gasteiger partial charge in [-0.05, 0) is 43.5 Å². The van der Waals surface area contributed by atoms with E-state index in [0.717, 1.165) is 23.0 Å². The number of Topliss-reactive ketones (excluding diaryl/α,β-unsaturated/α-hetero) is 1. The lowest BCUT2D eigenvalue weighted by Crippen LogP contribution is -2.08. The van der Waals surface area contributed by atoms with Gasteiger partial charge in [-0.3, -0.25) is 4.79 Å². The van der Waals surface area contributed by atoms with Gasteiger partial charge in [0, 0.05) is 6.42 Å². The quantitative estimate of drug-likeness (QED) is 0.713. The van der Waals surface area contributed by atoms with Crippen LogP contribution in [0.4, 0.5) is 0 Å². The second-order valence-electron chi connectivity index (χ2n) is 3.91. The fourth-order valence-corrected chi connectivity index (χ4v) is 1.49. The van der Waals surface area contributed by atoms with Crippen LogP contribution in [-0.4, -0.2) is 18.7 Å². The number of aldehydes is 1. The molecule has 0 amide bonds. The van der Waals surface area contributed by atoms with E-state index in [9.17, 15) is 9.59 Å². The lowest BCUT2D eigenvalue weighted by Gasteiger charge is -2.11. The van der Waals surface area contributed by atoms with Crippen molar-refractivity contribution in [2.45, 2.75) is 27.2 Å². The summed E-state index contributed by atoms with van der Waals surface area (Å²) in [5.41, 5.74) is 2.96. The third kappa shape index (κ3) is 3.19. The van der Waals surface area contributed by atoms with Gasteiger partial charge in [0.2, 0.25) is 0 Å². The summed E-state index contributed by atoms with van der Waals surface area (Å²) in [6, 6.07) is 3.80. The summed E-state index contributed by atoms with van der Waals surface area (Å²) < 4.78 is 5.37. The Morgan fingerprint density at radius 1 is 1.31 bits per heavy atom. The summed E-state index contributed by atoms with van der Waals surface area (Å²) in [6.45, 7) is 5.42. The lowest BCUT2D eigenvalue weighted by molar-refractivity contribution is -0.118. The molecule has 0 saturated heterocycles. The molecule has 1 rings (SSSR count). The number of ketones is 1. The van der Waals surface area contributed by atoms with E-state index >= 15 is 0 Å². The molecule has 0 heterocycles. The molecule has 1 aromatic rings. The normalized spacial score (nSPS) is 9.94. The highest BCUT2D eigenvalue weighted by Gasteiger charge is 2.06. The number of aryl methyl sites for hydroxylation is 2. The van der Waals surface area contributed by atoms with E-state index in [4.69, 9.17) is 4.74 Å². The van der Waals surface area contributed by atoms with E-state index in [1.807, 2.05) is 26.0 Å². The Kier molecular flexibility index (Phi) is 4.23. The molecule has 16 heavy (non-hydrogen) atoms. The largest absolute Gasteiger partial charge is 0.486 e. The second kappa shape index (κ2) is 5.45. The van der Waals surface area contributed by atoms with Crippen LogP contribution in [0.3, 0.4) is 0 Å². The number of benzene rings is 1. The zero-order chi connectivity index (χ0) is 12.1. The average molecular weight is 220 g/mol. The summed E-state index contributed by atoms with van der Waals surface area (Å²) >= 11 is 0. The molecule has 0 aliphatic carbocycles. The van der Waals surface area contributed by atoms with E-state index in [1.165, 1.54) is 6.92 Å². The van der Waals surface area contributed by atoms with Crippen molar-refractivity contribution in [3.8, 4) is 5.75 Å². The van der Waals surface area contributed by atoms with Crippen molar-refractivity contribution in [2.24, 2.45) is 0 Å². The van der Waals surface area contributed by atoms with Crippen LogP contribution < -0.4 is 4.74 Å². The maximum Gasteiger partial charge on any atom is 0.167 e. The van der Waals surface area contributed by atoms with Crippen molar-refractivity contribution in [1.29, 1.82) is 0 Å². The van der Waals surface area contributed by atoms with Crippen LogP contribution in [0.5, 0.6) is 5.75 Å². The Balaban J connectivity index is 2.91. The minimum atomic E-state index is -0.00554. The first kappa shape index (κ1) is 12.4. The van der Waals surface area contributed by atoms with E-state index in [2.05, 4.69) is 0 Å². The second-order valence-corrected chi connectivity index (χ2v) is 3.91. The van der Waals surface area contributed by atoms with Crippen LogP contribution in [0.1, 0.15) is 23.6 Å². The van der Waals surface area contributed by atoms with E-state index in [-0.39, 0.29) is 12.4 Å². The Labute approximate surface area is 95.4 Å². The van der Waals surface area contributed by atoms with Gasteiger partial charge in [-0.25, -0.2) is 0 Å². The first-order chi connectivity index (χ1) is 7.54. The highest BCUT2D eigenvalue weighted by molar-refractivity contribution is 5.77. The maximum atomic E-state index is 10.8. The Morgan fingerprint density at radius 3 is 2.56 bits per heavy atom. The molecule has 3 nitrogen and oxygen atoms in total. The van der Waals surface area contributed by atoms with Crippen LogP contribution in [0, 0.1) is 13.8 Å². The molecule has 0 N–H and O–H groups in total. The van der Waals surface area contributed by atoms with Gasteiger partial charge in [-0.1, -0.05) is 6.07 Å². The predicted molar refractivity (Wildman–Crippen MR) is 61.9 cm³/mol. The summed E-state index contributed by atoms with van der Waals surface area (Å²) in [5.74, 6) is 0.705. The molecular formula is C13H16O3. The van der Waals surface area contributed by atoms with Crippen molar-refractivity contribution in [3.63, 3.8) is 0 Å². The van der Waals surface area contributed by atoms with Gasteiger partial charge in [-0.2, -0.15) is 0 Å². The smallest absolute Gasteiger partial charge is 0.167 e. The fraction of sp³-hybridized carbons (Fsp3) is 0.385. The Hall–Kier alpha value is -1.64. The molecule has 1 aromatic carbocycles. The minimum absolute atomic E-state index is 0.00554. The van der Waals surface area contributed by atoms with Crippen LogP contribution >= 0.6 is 0 Å². The first-order valence-electron chi connectivity index (χ1n) is 5.20. The lowest BCUT2D eigenvalue weighted by atomic mass is 10.0. The zero-order valence-electron chi connectivity index (χ0n) is 9.87. The van der Waals surface area contributed by atoms with Crippen molar-refractivity contribution >= 4 is 12.1 Å². The van der Waals surface area contributed by atoms with Crippen molar-refractivity contribution in [3.05, 3.63) is 28.8 Å². The predicted octanol–water partition coefficient (Wildman–Crippen LogP) is 2.01. The Bertz CT molecular complexity index is 408. The number of ether oxygens (including phenoxy) is 1. The maximum absolute atomic E-state index is 10.8. The summed E-state index contributed by atoms with van der Waals surface area (Å²) in [4.78, 5) is 21.3. The molecule has 0 fully saturated rings. The fourth-order valence-electron chi connectivity index (χ4n) is 1.49. The molecule has 0 saturated carbocycles. The topological polar surface area (TPSA) is 43.4 Å². The zero-order valence-corrected chi connectivity index (χ0v) is 9.87. The average Bonchev–Trinajstić information content (AvgIpc) is 2.21. The van der Waals surface area contributed by atoms with Crippen LogP contribution in [0.25, 0.3) is 0 Å². The summed E-state index contributed by atoms with van der Waals surface area (Å²) in [5, 5.41) is 0. The Morgan fingerprint density at radius 2 is 2.00 bits per heavy atom. The van der Waals surface area contributed by atoms with Gasteiger partial charge in [0.15, 0.2) is 5.78 Å². The number of rotatable bonds is 5. The molecule has 0 radical (unpaired) electrons. The van der Waals surface area contributed by atoms with Crippen LogP contribution in [0.15, 0.2) is 12.1 Å².